The number of rotatable bonds is 6. The third kappa shape index (κ3) is 4.55. The molecule has 1 atom stereocenters. The minimum Gasteiger partial charge on any atom is -0.496 e. The van der Waals surface area contributed by atoms with E-state index >= 15 is 0 Å². The highest BCUT2D eigenvalue weighted by Crippen LogP contribution is 2.28. The van der Waals surface area contributed by atoms with E-state index in [1.807, 2.05) is 12.2 Å². The van der Waals surface area contributed by atoms with Crippen LogP contribution < -0.4 is 10.1 Å². The Balaban J connectivity index is 1.93. The van der Waals surface area contributed by atoms with Crippen molar-refractivity contribution >= 4 is 23.3 Å². The van der Waals surface area contributed by atoms with Crippen molar-refractivity contribution in [3.8, 4) is 5.75 Å². The van der Waals surface area contributed by atoms with E-state index in [4.69, 9.17) is 9.47 Å². The van der Waals surface area contributed by atoms with Crippen LogP contribution >= 0.6 is 0 Å². The quantitative estimate of drug-likeness (QED) is 0.370. The number of methoxy groups -OCH3 is 1. The van der Waals surface area contributed by atoms with Crippen LogP contribution in [0.25, 0.3) is 0 Å². The van der Waals surface area contributed by atoms with Gasteiger partial charge in [-0.05, 0) is 31.4 Å². The summed E-state index contributed by atoms with van der Waals surface area (Å²) in [7, 11) is 1.39. The zero-order chi connectivity index (χ0) is 17.5. The molecule has 0 fully saturated rings. The van der Waals surface area contributed by atoms with Crippen LogP contribution in [-0.2, 0) is 14.3 Å². The summed E-state index contributed by atoms with van der Waals surface area (Å²) in [5.41, 5.74) is -0.283. The lowest BCUT2D eigenvalue weighted by atomic mass is 9.95. The average Bonchev–Trinajstić information content (AvgIpc) is 2.60. The predicted molar refractivity (Wildman–Crippen MR) is 85.7 cm³/mol. The molecular weight excluding hydrogens is 316 g/mol. The smallest absolute Gasteiger partial charge is 0.309 e. The summed E-state index contributed by atoms with van der Waals surface area (Å²) in [6.45, 7) is -0.484. The molecule has 0 aliphatic heterocycles. The number of nitro benzene ring substituents is 1. The van der Waals surface area contributed by atoms with Crippen molar-refractivity contribution in [1.29, 1.82) is 0 Å². The zero-order valence-corrected chi connectivity index (χ0v) is 13.2. The van der Waals surface area contributed by atoms with Crippen molar-refractivity contribution in [3.05, 3.63) is 40.5 Å². The molecule has 1 aromatic carbocycles. The Kier molecular flexibility index (Phi) is 5.89. The Hall–Kier alpha value is -2.90. The summed E-state index contributed by atoms with van der Waals surface area (Å²) in [6, 6.07) is 4.06. The second-order valence-corrected chi connectivity index (χ2v) is 5.28. The number of hydrogen-bond acceptors (Lipinski definition) is 6. The van der Waals surface area contributed by atoms with Gasteiger partial charge in [-0.1, -0.05) is 12.2 Å². The fourth-order valence-corrected chi connectivity index (χ4v) is 2.34. The van der Waals surface area contributed by atoms with E-state index in [0.717, 1.165) is 6.42 Å². The lowest BCUT2D eigenvalue weighted by Gasteiger charge is -2.16. The van der Waals surface area contributed by atoms with Crippen molar-refractivity contribution in [2.75, 3.05) is 19.0 Å². The van der Waals surface area contributed by atoms with Crippen LogP contribution in [-0.4, -0.2) is 30.5 Å². The summed E-state index contributed by atoms with van der Waals surface area (Å²) < 4.78 is 9.90. The first-order chi connectivity index (χ1) is 11.5. The number of ether oxygens (including phenoxy) is 2. The number of benzene rings is 1. The maximum Gasteiger partial charge on any atom is 0.309 e. The van der Waals surface area contributed by atoms with Gasteiger partial charge >= 0.3 is 5.97 Å². The molecule has 0 heterocycles. The molecule has 0 spiro atoms. The molecule has 0 aromatic heterocycles. The lowest BCUT2D eigenvalue weighted by molar-refractivity contribution is -0.384. The van der Waals surface area contributed by atoms with Crippen LogP contribution in [0.3, 0.4) is 0 Å². The van der Waals surface area contributed by atoms with Gasteiger partial charge < -0.3 is 14.8 Å². The van der Waals surface area contributed by atoms with Gasteiger partial charge in [-0.15, -0.1) is 0 Å². The molecule has 1 N–H and O–H groups in total. The topological polar surface area (TPSA) is 108 Å². The van der Waals surface area contributed by atoms with Gasteiger partial charge in [0.05, 0.1) is 24.0 Å². The second kappa shape index (κ2) is 8.09. The molecule has 8 heteroatoms. The number of carbonyl (C=O) groups excluding carboxylic acids is 2. The number of carbonyl (C=O) groups is 2. The van der Waals surface area contributed by atoms with E-state index in [0.29, 0.717) is 18.6 Å². The Labute approximate surface area is 138 Å². The van der Waals surface area contributed by atoms with Crippen molar-refractivity contribution in [2.24, 2.45) is 5.92 Å². The number of nitrogens with zero attached hydrogens (tertiary/aromatic N) is 1. The molecule has 0 saturated heterocycles. The summed E-state index contributed by atoms with van der Waals surface area (Å²) in [5.74, 6) is -1.00. The molecule has 0 radical (unpaired) electrons. The van der Waals surface area contributed by atoms with Gasteiger partial charge in [-0.2, -0.15) is 0 Å². The number of anilines is 1. The normalized spacial score (nSPS) is 16.3. The van der Waals surface area contributed by atoms with Gasteiger partial charge in [0.2, 0.25) is 0 Å². The standard InChI is InChI=1S/C16H18N2O6/c1-23-12-7-8-13(14(9-12)18(21)22)17-15(19)10-24-16(20)11-5-3-2-4-6-11/h2-3,7-9,11H,4-6,10H2,1H3,(H,17,19)/t11-/m1/s1. The van der Waals surface area contributed by atoms with Crippen LogP contribution in [0.1, 0.15) is 19.3 Å². The Bertz CT molecular complexity index is 671. The highest BCUT2D eigenvalue weighted by atomic mass is 16.6. The highest BCUT2D eigenvalue weighted by Gasteiger charge is 2.22. The molecule has 0 saturated carbocycles. The number of allylic oxidation sites excluding steroid dienone is 2. The number of amides is 1. The largest absolute Gasteiger partial charge is 0.496 e. The summed E-state index contributed by atoms with van der Waals surface area (Å²) in [4.78, 5) is 34.2. The van der Waals surface area contributed by atoms with Crippen LogP contribution in [0.4, 0.5) is 11.4 Å². The van der Waals surface area contributed by atoms with Crippen LogP contribution in [0.15, 0.2) is 30.4 Å². The average molecular weight is 334 g/mol. The highest BCUT2D eigenvalue weighted by molar-refractivity contribution is 5.95. The monoisotopic (exact) mass is 334 g/mol. The maximum absolute atomic E-state index is 11.9. The summed E-state index contributed by atoms with van der Waals surface area (Å²) in [6.07, 6.45) is 6.02. The molecule has 1 amide bonds. The zero-order valence-electron chi connectivity index (χ0n) is 13.2. The second-order valence-electron chi connectivity index (χ2n) is 5.28. The van der Waals surface area contributed by atoms with E-state index in [1.165, 1.54) is 25.3 Å². The third-order valence-electron chi connectivity index (χ3n) is 3.62. The first kappa shape index (κ1) is 17.5. The van der Waals surface area contributed by atoms with Crippen molar-refractivity contribution in [2.45, 2.75) is 19.3 Å². The van der Waals surface area contributed by atoms with E-state index in [2.05, 4.69) is 5.32 Å². The number of nitrogens with one attached hydrogen (secondary N) is 1. The first-order valence-corrected chi connectivity index (χ1v) is 7.45. The van der Waals surface area contributed by atoms with Gasteiger partial charge in [0.25, 0.3) is 11.6 Å². The minimum atomic E-state index is -0.636. The Morgan fingerprint density at radius 2 is 2.17 bits per heavy atom. The Morgan fingerprint density at radius 3 is 2.79 bits per heavy atom. The molecule has 24 heavy (non-hydrogen) atoms. The van der Waals surface area contributed by atoms with E-state index in [9.17, 15) is 19.7 Å². The van der Waals surface area contributed by atoms with E-state index < -0.39 is 23.4 Å². The molecule has 128 valence electrons. The van der Waals surface area contributed by atoms with Crippen molar-refractivity contribution in [1.82, 2.24) is 0 Å². The molecule has 1 aliphatic carbocycles. The SMILES string of the molecule is COc1ccc(NC(=O)COC(=O)[C@@H]2CC=CCC2)c([N+](=O)[O-])c1. The first-order valence-electron chi connectivity index (χ1n) is 7.45. The molecule has 1 aromatic rings. The van der Waals surface area contributed by atoms with Gasteiger partial charge in [-0.25, -0.2) is 0 Å². The number of esters is 1. The fourth-order valence-electron chi connectivity index (χ4n) is 2.34. The minimum absolute atomic E-state index is 0.0162. The molecule has 0 bridgehead atoms. The summed E-state index contributed by atoms with van der Waals surface area (Å²) >= 11 is 0. The summed E-state index contributed by atoms with van der Waals surface area (Å²) in [5, 5.41) is 13.4. The van der Waals surface area contributed by atoms with E-state index in [-0.39, 0.29) is 17.3 Å². The molecule has 2 rings (SSSR count). The number of hydrogen-bond donors (Lipinski definition) is 1. The predicted octanol–water partition coefficient (Wildman–Crippen LogP) is 2.44. The fraction of sp³-hybridized carbons (Fsp3) is 0.375. The van der Waals surface area contributed by atoms with Gasteiger partial charge in [-0.3, -0.25) is 19.7 Å². The van der Waals surface area contributed by atoms with Gasteiger partial charge in [0.1, 0.15) is 11.4 Å². The molecule has 8 nitrogen and oxygen atoms in total. The maximum atomic E-state index is 11.9. The molecule has 1 aliphatic rings. The van der Waals surface area contributed by atoms with Crippen molar-refractivity contribution < 1.29 is 24.0 Å². The van der Waals surface area contributed by atoms with Gasteiger partial charge in [0, 0.05) is 0 Å². The van der Waals surface area contributed by atoms with Crippen LogP contribution in [0.2, 0.25) is 0 Å². The van der Waals surface area contributed by atoms with Gasteiger partial charge in [0.15, 0.2) is 6.61 Å². The molecular formula is C16H18N2O6. The van der Waals surface area contributed by atoms with Crippen LogP contribution in [0, 0.1) is 16.0 Å². The number of nitro groups is 1. The lowest BCUT2D eigenvalue weighted by Crippen LogP contribution is -2.25. The van der Waals surface area contributed by atoms with Crippen LogP contribution in [0.5, 0.6) is 5.75 Å². The third-order valence-corrected chi connectivity index (χ3v) is 3.62. The Morgan fingerprint density at radius 1 is 1.38 bits per heavy atom. The van der Waals surface area contributed by atoms with E-state index in [1.54, 1.807) is 0 Å². The molecule has 0 unspecified atom stereocenters. The van der Waals surface area contributed by atoms with Crippen molar-refractivity contribution in [3.63, 3.8) is 0 Å².